The average Bonchev–Trinajstić information content (AvgIpc) is 2.12. The van der Waals surface area contributed by atoms with Crippen LogP contribution in [0.15, 0.2) is 0 Å². The molecule has 0 saturated heterocycles. The third kappa shape index (κ3) is 5.81. The number of carbonyl (C=O) groups is 2. The van der Waals surface area contributed by atoms with E-state index >= 15 is 0 Å². The Kier molecular flexibility index (Phi) is 5.81. The largest absolute Gasteiger partial charge is 0.466 e. The van der Waals surface area contributed by atoms with Crippen molar-refractivity contribution in [1.29, 1.82) is 0 Å². The molecule has 0 saturated carbocycles. The molecule has 6 heteroatoms. The highest BCUT2D eigenvalue weighted by molar-refractivity contribution is 7.93. The van der Waals surface area contributed by atoms with Gasteiger partial charge in [0.2, 0.25) is 0 Å². The van der Waals surface area contributed by atoms with Gasteiger partial charge in [0.15, 0.2) is 9.84 Å². The number of Topliss-reactive ketones (excluding diaryl/α,β-unsaturated/α-hetero) is 1. The second-order valence-electron chi connectivity index (χ2n) is 4.72. The number of carbonyl (C=O) groups excluding carboxylic acids is 2. The molecule has 5 nitrogen and oxygen atoms in total. The lowest BCUT2D eigenvalue weighted by atomic mass is 10.2. The lowest BCUT2D eigenvalue weighted by Crippen LogP contribution is -2.33. The van der Waals surface area contributed by atoms with Crippen molar-refractivity contribution in [3.8, 4) is 0 Å². The van der Waals surface area contributed by atoms with Gasteiger partial charge in [-0.1, -0.05) is 0 Å². The number of sulfone groups is 1. The summed E-state index contributed by atoms with van der Waals surface area (Å²) >= 11 is 0. The highest BCUT2D eigenvalue weighted by Gasteiger charge is 2.31. The van der Waals surface area contributed by atoms with Crippen LogP contribution in [-0.2, 0) is 24.2 Å². The Morgan fingerprint density at radius 3 is 2.06 bits per heavy atom. The van der Waals surface area contributed by atoms with Crippen molar-refractivity contribution in [2.45, 2.75) is 45.3 Å². The fourth-order valence-electron chi connectivity index (χ4n) is 0.975. The molecule has 0 unspecified atom stereocenters. The van der Waals surface area contributed by atoms with Gasteiger partial charge < -0.3 is 4.74 Å². The topological polar surface area (TPSA) is 77.5 Å². The minimum atomic E-state index is -3.46. The van der Waals surface area contributed by atoms with E-state index in [-0.39, 0.29) is 19.4 Å². The Morgan fingerprint density at radius 1 is 1.12 bits per heavy atom. The van der Waals surface area contributed by atoms with Crippen LogP contribution in [0.3, 0.4) is 0 Å². The Bertz CT molecular complexity index is 375. The molecule has 0 fully saturated rings. The molecule has 0 atom stereocenters. The molecule has 0 heterocycles. The highest BCUT2D eigenvalue weighted by atomic mass is 32.2. The van der Waals surface area contributed by atoms with Crippen LogP contribution < -0.4 is 0 Å². The fourth-order valence-corrected chi connectivity index (χ4v) is 1.98. The minimum Gasteiger partial charge on any atom is -0.466 e. The zero-order valence-electron chi connectivity index (χ0n) is 10.8. The fraction of sp³-hybridized carbons (Fsp3) is 0.818. The summed E-state index contributed by atoms with van der Waals surface area (Å²) in [6, 6.07) is 0. The SMILES string of the molecule is CCOC(=O)CCC(=O)CS(=O)(=O)C(C)(C)C. The molecule has 0 rings (SSSR count). The summed E-state index contributed by atoms with van der Waals surface area (Å²) in [6.07, 6.45) is -0.152. The summed E-state index contributed by atoms with van der Waals surface area (Å²) in [5.74, 6) is -1.45. The number of hydrogen-bond acceptors (Lipinski definition) is 5. The maximum absolute atomic E-state index is 11.7. The van der Waals surface area contributed by atoms with Crippen LogP contribution >= 0.6 is 0 Å². The predicted octanol–water partition coefficient (Wildman–Crippen LogP) is 1.11. The molecule has 0 aliphatic rings. The maximum atomic E-state index is 11.7. The van der Waals surface area contributed by atoms with Gasteiger partial charge in [-0.15, -0.1) is 0 Å². The third-order valence-corrected chi connectivity index (χ3v) is 4.77. The molecule has 0 radical (unpaired) electrons. The standard InChI is InChI=1S/C11H20O5S/c1-5-16-10(13)7-6-9(12)8-17(14,15)11(2,3)4/h5-8H2,1-4H3. The van der Waals surface area contributed by atoms with Crippen LogP contribution in [0.4, 0.5) is 0 Å². The van der Waals surface area contributed by atoms with Gasteiger partial charge in [0, 0.05) is 6.42 Å². The molecule has 0 aromatic rings. The molecule has 0 spiro atoms. The maximum Gasteiger partial charge on any atom is 0.306 e. The van der Waals surface area contributed by atoms with Gasteiger partial charge in [-0.3, -0.25) is 9.59 Å². The Morgan fingerprint density at radius 2 is 1.65 bits per heavy atom. The van der Waals surface area contributed by atoms with E-state index in [2.05, 4.69) is 4.74 Å². The summed E-state index contributed by atoms with van der Waals surface area (Å²) < 4.78 is 27.1. The first-order chi connectivity index (χ1) is 7.60. The van der Waals surface area contributed by atoms with Gasteiger partial charge in [-0.05, 0) is 27.7 Å². The molecule has 0 bridgehead atoms. The van der Waals surface area contributed by atoms with Crippen LogP contribution in [0.25, 0.3) is 0 Å². The van der Waals surface area contributed by atoms with E-state index in [4.69, 9.17) is 0 Å². The lowest BCUT2D eigenvalue weighted by Gasteiger charge is -2.18. The Hall–Kier alpha value is -0.910. The van der Waals surface area contributed by atoms with E-state index in [0.29, 0.717) is 0 Å². The van der Waals surface area contributed by atoms with E-state index in [0.717, 1.165) is 0 Å². The molecule has 0 aromatic heterocycles. The highest BCUT2D eigenvalue weighted by Crippen LogP contribution is 2.16. The summed E-state index contributed by atoms with van der Waals surface area (Å²) in [5.41, 5.74) is 0. The average molecular weight is 264 g/mol. The van der Waals surface area contributed by atoms with Gasteiger partial charge in [-0.25, -0.2) is 8.42 Å². The smallest absolute Gasteiger partial charge is 0.306 e. The minimum absolute atomic E-state index is 0.0632. The Balaban J connectivity index is 4.26. The van der Waals surface area contributed by atoms with E-state index < -0.39 is 32.1 Å². The zero-order chi connectivity index (χ0) is 13.7. The molecule has 0 aliphatic carbocycles. The summed E-state index contributed by atoms with van der Waals surface area (Å²) in [7, 11) is -3.46. The van der Waals surface area contributed by atoms with Crippen molar-refractivity contribution in [1.82, 2.24) is 0 Å². The van der Waals surface area contributed by atoms with Crippen molar-refractivity contribution in [2.75, 3.05) is 12.4 Å². The van der Waals surface area contributed by atoms with Crippen molar-refractivity contribution in [2.24, 2.45) is 0 Å². The molecular formula is C11H20O5S. The van der Waals surface area contributed by atoms with E-state index in [1.807, 2.05) is 0 Å². The van der Waals surface area contributed by atoms with E-state index in [1.165, 1.54) is 0 Å². The molecule has 17 heavy (non-hydrogen) atoms. The first kappa shape index (κ1) is 16.1. The van der Waals surface area contributed by atoms with Crippen LogP contribution in [0, 0.1) is 0 Å². The van der Waals surface area contributed by atoms with Crippen molar-refractivity contribution in [3.63, 3.8) is 0 Å². The number of esters is 1. The quantitative estimate of drug-likeness (QED) is 0.672. The van der Waals surface area contributed by atoms with Crippen LogP contribution in [0.5, 0.6) is 0 Å². The summed E-state index contributed by atoms with van der Waals surface area (Å²) in [6.45, 7) is 6.56. The van der Waals surface area contributed by atoms with Crippen molar-refractivity contribution in [3.05, 3.63) is 0 Å². The molecule has 100 valence electrons. The van der Waals surface area contributed by atoms with Crippen LogP contribution in [-0.4, -0.2) is 37.3 Å². The monoisotopic (exact) mass is 264 g/mol. The predicted molar refractivity (Wildman–Crippen MR) is 64.4 cm³/mol. The Labute approximate surface area is 102 Å². The number of ketones is 1. The van der Waals surface area contributed by atoms with Gasteiger partial charge in [0.25, 0.3) is 0 Å². The van der Waals surface area contributed by atoms with Crippen LogP contribution in [0.2, 0.25) is 0 Å². The van der Waals surface area contributed by atoms with E-state index in [9.17, 15) is 18.0 Å². The molecular weight excluding hydrogens is 244 g/mol. The number of hydrogen-bond donors (Lipinski definition) is 0. The summed E-state index contributed by atoms with van der Waals surface area (Å²) in [5, 5.41) is 0. The number of rotatable bonds is 6. The number of ether oxygens (including phenoxy) is 1. The van der Waals surface area contributed by atoms with Gasteiger partial charge in [0.1, 0.15) is 11.5 Å². The molecule has 0 amide bonds. The van der Waals surface area contributed by atoms with Crippen molar-refractivity contribution >= 4 is 21.6 Å². The lowest BCUT2D eigenvalue weighted by molar-refractivity contribution is -0.144. The van der Waals surface area contributed by atoms with Crippen molar-refractivity contribution < 1.29 is 22.7 Å². The second kappa shape index (κ2) is 6.14. The van der Waals surface area contributed by atoms with Gasteiger partial charge in [-0.2, -0.15) is 0 Å². The first-order valence-corrected chi connectivity index (χ1v) is 7.15. The normalized spacial score (nSPS) is 12.2. The van der Waals surface area contributed by atoms with Gasteiger partial charge >= 0.3 is 5.97 Å². The van der Waals surface area contributed by atoms with E-state index in [1.54, 1.807) is 27.7 Å². The summed E-state index contributed by atoms with van der Waals surface area (Å²) in [4.78, 5) is 22.4. The molecule has 0 N–H and O–H groups in total. The zero-order valence-corrected chi connectivity index (χ0v) is 11.6. The first-order valence-electron chi connectivity index (χ1n) is 5.49. The van der Waals surface area contributed by atoms with Crippen LogP contribution in [0.1, 0.15) is 40.5 Å². The third-order valence-electron chi connectivity index (χ3n) is 2.20. The molecule has 0 aromatic carbocycles. The van der Waals surface area contributed by atoms with Gasteiger partial charge in [0.05, 0.1) is 17.8 Å². The second-order valence-corrected chi connectivity index (χ2v) is 7.46. The molecule has 0 aliphatic heterocycles.